The lowest BCUT2D eigenvalue weighted by Gasteiger charge is -2.16. The molecule has 0 spiro atoms. The number of halogens is 1. The van der Waals surface area contributed by atoms with Crippen LogP contribution in [0.5, 0.6) is 0 Å². The van der Waals surface area contributed by atoms with Crippen molar-refractivity contribution in [3.8, 4) is 0 Å². The third-order valence-electron chi connectivity index (χ3n) is 3.14. The summed E-state index contributed by atoms with van der Waals surface area (Å²) in [6, 6.07) is 7.10. The Morgan fingerprint density at radius 1 is 1.38 bits per heavy atom. The minimum absolute atomic E-state index is 0.134. The summed E-state index contributed by atoms with van der Waals surface area (Å²) >= 11 is 7.02. The number of hydrogen-bond donors (Lipinski definition) is 1. The lowest BCUT2D eigenvalue weighted by molar-refractivity contribution is -0.137. The average molecular weight is 369 g/mol. The van der Waals surface area contributed by atoms with E-state index < -0.39 is 5.97 Å². The van der Waals surface area contributed by atoms with E-state index in [9.17, 15) is 14.4 Å². The number of thioether (sulfide) groups is 1. The Morgan fingerprint density at radius 2 is 2.08 bits per heavy atom. The largest absolute Gasteiger partial charge is 0.463 e. The number of nitrogens with zero attached hydrogens (tertiary/aromatic N) is 1. The molecule has 6 nitrogen and oxygen atoms in total. The SMILES string of the molecule is CCOC(=O)/C=C1\SCC(=O)N1CC(=O)NCc1ccc(Cl)cc1. The highest BCUT2D eigenvalue weighted by molar-refractivity contribution is 8.04. The number of ether oxygens (including phenoxy) is 1. The van der Waals surface area contributed by atoms with Gasteiger partial charge in [-0.1, -0.05) is 35.5 Å². The van der Waals surface area contributed by atoms with Gasteiger partial charge >= 0.3 is 5.97 Å². The van der Waals surface area contributed by atoms with Gasteiger partial charge in [0.1, 0.15) is 6.54 Å². The smallest absolute Gasteiger partial charge is 0.333 e. The predicted molar refractivity (Wildman–Crippen MR) is 92.2 cm³/mol. The second-order valence-corrected chi connectivity index (χ2v) is 6.34. The van der Waals surface area contributed by atoms with E-state index in [-0.39, 0.29) is 30.7 Å². The van der Waals surface area contributed by atoms with Crippen molar-refractivity contribution < 1.29 is 19.1 Å². The Bertz CT molecular complexity index is 661. The molecule has 1 aliphatic heterocycles. The number of hydrogen-bond acceptors (Lipinski definition) is 5. The average Bonchev–Trinajstić information content (AvgIpc) is 2.87. The van der Waals surface area contributed by atoms with Crippen LogP contribution in [0.3, 0.4) is 0 Å². The van der Waals surface area contributed by atoms with E-state index in [1.807, 2.05) is 12.1 Å². The molecule has 0 aliphatic carbocycles. The van der Waals surface area contributed by atoms with Crippen molar-refractivity contribution in [3.05, 3.63) is 46.0 Å². The van der Waals surface area contributed by atoms with Gasteiger partial charge in [0, 0.05) is 11.6 Å². The van der Waals surface area contributed by atoms with Gasteiger partial charge in [-0.05, 0) is 24.6 Å². The van der Waals surface area contributed by atoms with E-state index >= 15 is 0 Å². The van der Waals surface area contributed by atoms with Gasteiger partial charge in [0.25, 0.3) is 0 Å². The van der Waals surface area contributed by atoms with Crippen molar-refractivity contribution >= 4 is 41.1 Å². The predicted octanol–water partition coefficient (Wildman–Crippen LogP) is 1.94. The molecule has 0 radical (unpaired) electrons. The molecule has 24 heavy (non-hydrogen) atoms. The number of carbonyl (C=O) groups excluding carboxylic acids is 3. The molecular formula is C16H17ClN2O4S. The molecule has 1 saturated heterocycles. The van der Waals surface area contributed by atoms with Crippen LogP contribution < -0.4 is 5.32 Å². The van der Waals surface area contributed by atoms with Crippen molar-refractivity contribution in [3.63, 3.8) is 0 Å². The van der Waals surface area contributed by atoms with Gasteiger partial charge in [-0.25, -0.2) is 4.79 Å². The molecule has 0 atom stereocenters. The molecule has 2 rings (SSSR count). The van der Waals surface area contributed by atoms with Gasteiger partial charge in [-0.3, -0.25) is 14.5 Å². The molecule has 1 aromatic carbocycles. The normalized spacial score (nSPS) is 15.7. The van der Waals surface area contributed by atoms with Gasteiger partial charge in [-0.15, -0.1) is 0 Å². The zero-order valence-electron chi connectivity index (χ0n) is 13.1. The van der Waals surface area contributed by atoms with Crippen molar-refractivity contribution in [1.82, 2.24) is 10.2 Å². The number of amides is 2. The molecule has 0 bridgehead atoms. The van der Waals surface area contributed by atoms with Crippen LogP contribution in [0, 0.1) is 0 Å². The van der Waals surface area contributed by atoms with E-state index in [0.29, 0.717) is 16.6 Å². The Kier molecular flexibility index (Phi) is 6.69. The van der Waals surface area contributed by atoms with Crippen LogP contribution >= 0.6 is 23.4 Å². The van der Waals surface area contributed by atoms with Crippen molar-refractivity contribution in [2.24, 2.45) is 0 Å². The molecule has 2 amide bonds. The Balaban J connectivity index is 1.92. The van der Waals surface area contributed by atoms with Gasteiger partial charge < -0.3 is 10.1 Å². The molecule has 128 valence electrons. The molecule has 1 fully saturated rings. The van der Waals surface area contributed by atoms with Crippen molar-refractivity contribution in [1.29, 1.82) is 0 Å². The van der Waals surface area contributed by atoms with E-state index in [1.165, 1.54) is 22.7 Å². The minimum Gasteiger partial charge on any atom is -0.463 e. The number of carbonyl (C=O) groups is 3. The summed E-state index contributed by atoms with van der Waals surface area (Å²) in [7, 11) is 0. The molecule has 0 unspecified atom stereocenters. The van der Waals surface area contributed by atoms with Crippen LogP contribution in [0.25, 0.3) is 0 Å². The Morgan fingerprint density at radius 3 is 2.75 bits per heavy atom. The molecule has 0 aromatic heterocycles. The highest BCUT2D eigenvalue weighted by Crippen LogP contribution is 2.28. The summed E-state index contributed by atoms with van der Waals surface area (Å²) in [5.74, 6) is -0.843. The summed E-state index contributed by atoms with van der Waals surface area (Å²) in [5.41, 5.74) is 0.900. The second-order valence-electron chi connectivity index (χ2n) is 4.91. The van der Waals surface area contributed by atoms with Gasteiger partial charge in [0.15, 0.2) is 0 Å². The highest BCUT2D eigenvalue weighted by atomic mass is 35.5. The maximum absolute atomic E-state index is 12.1. The third-order valence-corrected chi connectivity index (χ3v) is 4.42. The maximum Gasteiger partial charge on any atom is 0.333 e. The van der Waals surface area contributed by atoms with Crippen LogP contribution in [-0.2, 0) is 25.7 Å². The van der Waals surface area contributed by atoms with Gasteiger partial charge in [0.2, 0.25) is 11.8 Å². The molecule has 0 saturated carbocycles. The first kappa shape index (κ1) is 18.4. The number of esters is 1. The lowest BCUT2D eigenvalue weighted by atomic mass is 10.2. The highest BCUT2D eigenvalue weighted by Gasteiger charge is 2.29. The number of benzene rings is 1. The molecule has 1 aliphatic rings. The van der Waals surface area contributed by atoms with Crippen LogP contribution in [0.1, 0.15) is 12.5 Å². The summed E-state index contributed by atoms with van der Waals surface area (Å²) < 4.78 is 4.83. The first-order valence-corrected chi connectivity index (χ1v) is 8.68. The zero-order chi connectivity index (χ0) is 17.5. The fourth-order valence-electron chi connectivity index (χ4n) is 1.99. The fourth-order valence-corrected chi connectivity index (χ4v) is 3.04. The summed E-state index contributed by atoms with van der Waals surface area (Å²) in [6.07, 6.45) is 1.24. The van der Waals surface area contributed by atoms with E-state index in [2.05, 4.69) is 5.32 Å². The van der Waals surface area contributed by atoms with Crippen LogP contribution in [0.4, 0.5) is 0 Å². The van der Waals surface area contributed by atoms with Crippen LogP contribution in [-0.4, -0.2) is 41.6 Å². The maximum atomic E-state index is 12.1. The lowest BCUT2D eigenvalue weighted by Crippen LogP contribution is -2.37. The Hall–Kier alpha value is -1.99. The molecule has 1 heterocycles. The third kappa shape index (κ3) is 5.28. The van der Waals surface area contributed by atoms with Crippen molar-refractivity contribution in [2.45, 2.75) is 13.5 Å². The standard InChI is InChI=1S/C16H17ClN2O4S/c1-2-23-16(22)7-15-19(14(21)10-24-15)9-13(20)18-8-11-3-5-12(17)6-4-11/h3-7H,2,8-10H2,1H3,(H,18,20)/b15-7-. The topological polar surface area (TPSA) is 75.7 Å². The van der Waals surface area contributed by atoms with E-state index in [1.54, 1.807) is 19.1 Å². The van der Waals surface area contributed by atoms with E-state index in [4.69, 9.17) is 16.3 Å². The first-order chi connectivity index (χ1) is 11.5. The van der Waals surface area contributed by atoms with Crippen LogP contribution in [0.15, 0.2) is 35.4 Å². The number of rotatable bonds is 6. The summed E-state index contributed by atoms with van der Waals surface area (Å²) in [4.78, 5) is 36.8. The number of nitrogens with one attached hydrogen (secondary N) is 1. The van der Waals surface area contributed by atoms with E-state index in [0.717, 1.165) is 5.56 Å². The van der Waals surface area contributed by atoms with Gasteiger partial charge in [0.05, 0.1) is 23.5 Å². The monoisotopic (exact) mass is 368 g/mol. The summed E-state index contributed by atoms with van der Waals surface area (Å²) in [5, 5.41) is 3.79. The first-order valence-electron chi connectivity index (χ1n) is 7.32. The fraction of sp³-hybridized carbons (Fsp3) is 0.312. The second kappa shape index (κ2) is 8.75. The summed E-state index contributed by atoms with van der Waals surface area (Å²) in [6.45, 7) is 2.15. The molecule has 8 heteroatoms. The van der Waals surface area contributed by atoms with Crippen molar-refractivity contribution in [2.75, 3.05) is 18.9 Å². The minimum atomic E-state index is -0.527. The molecule has 1 aromatic rings. The van der Waals surface area contributed by atoms with Gasteiger partial charge in [-0.2, -0.15) is 0 Å². The molecular weight excluding hydrogens is 352 g/mol. The molecule has 1 N–H and O–H groups in total. The Labute approximate surface area is 149 Å². The zero-order valence-corrected chi connectivity index (χ0v) is 14.7. The van der Waals surface area contributed by atoms with Crippen LogP contribution in [0.2, 0.25) is 5.02 Å². The quantitative estimate of drug-likeness (QED) is 0.613.